The fraction of sp³-hybridized carbons (Fsp3) is 0.667. The number of carbonyl (C=O) groups is 2. The molecule has 6 heteroatoms. The van der Waals surface area contributed by atoms with Crippen LogP contribution >= 0.6 is 11.3 Å². The van der Waals surface area contributed by atoms with E-state index in [-0.39, 0.29) is 12.3 Å². The van der Waals surface area contributed by atoms with E-state index in [1.165, 1.54) is 11.3 Å². The van der Waals surface area contributed by atoms with Crippen molar-refractivity contribution in [3.8, 4) is 0 Å². The molecule has 0 aliphatic carbocycles. The molecule has 1 aromatic rings. The lowest BCUT2D eigenvalue weighted by molar-refractivity contribution is -0.137. The lowest BCUT2D eigenvalue weighted by atomic mass is 9.93. The van der Waals surface area contributed by atoms with E-state index in [2.05, 4.69) is 11.9 Å². The van der Waals surface area contributed by atoms with Crippen LogP contribution in [0.1, 0.15) is 53.7 Å². The Morgan fingerprint density at radius 3 is 3.05 bits per heavy atom. The second-order valence-corrected chi connectivity index (χ2v) is 6.68. The van der Waals surface area contributed by atoms with Crippen LogP contribution < -0.4 is 0 Å². The molecule has 0 saturated carbocycles. The Morgan fingerprint density at radius 1 is 1.52 bits per heavy atom. The molecular formula is C15H22N2O3S. The number of aryl methyl sites for hydroxylation is 1. The van der Waals surface area contributed by atoms with Gasteiger partial charge in [0.25, 0.3) is 5.91 Å². The fourth-order valence-electron chi connectivity index (χ4n) is 2.71. The van der Waals surface area contributed by atoms with Crippen LogP contribution in [0, 0.1) is 5.92 Å². The first kappa shape index (κ1) is 15.9. The van der Waals surface area contributed by atoms with Crippen LogP contribution in [0.4, 0.5) is 0 Å². The first-order chi connectivity index (χ1) is 10.1. The summed E-state index contributed by atoms with van der Waals surface area (Å²) < 4.78 is 0. The number of carboxylic acid groups (broad SMARTS) is 1. The third-order valence-electron chi connectivity index (χ3n) is 3.80. The summed E-state index contributed by atoms with van der Waals surface area (Å²) in [7, 11) is 0. The van der Waals surface area contributed by atoms with E-state index in [1.807, 2.05) is 4.90 Å². The van der Waals surface area contributed by atoms with E-state index < -0.39 is 5.97 Å². The van der Waals surface area contributed by atoms with Gasteiger partial charge in [0.1, 0.15) is 4.88 Å². The molecule has 0 radical (unpaired) electrons. The number of aromatic nitrogens is 1. The van der Waals surface area contributed by atoms with Gasteiger partial charge >= 0.3 is 5.97 Å². The van der Waals surface area contributed by atoms with Gasteiger partial charge in [-0.05, 0) is 38.0 Å². The summed E-state index contributed by atoms with van der Waals surface area (Å²) in [6, 6.07) is 0. The van der Waals surface area contributed by atoms with Crippen molar-refractivity contribution >= 4 is 23.2 Å². The van der Waals surface area contributed by atoms with Crippen molar-refractivity contribution in [1.29, 1.82) is 0 Å². The zero-order valence-corrected chi connectivity index (χ0v) is 13.2. The first-order valence-corrected chi connectivity index (χ1v) is 8.37. The molecule has 21 heavy (non-hydrogen) atoms. The molecule has 5 nitrogen and oxygen atoms in total. The Kier molecular flexibility index (Phi) is 5.73. The highest BCUT2D eigenvalue weighted by atomic mass is 32.1. The molecule has 0 aromatic carbocycles. The Labute approximate surface area is 129 Å². The number of rotatable bonds is 6. The molecule has 0 bridgehead atoms. The number of carboxylic acids is 1. The van der Waals surface area contributed by atoms with Crippen LogP contribution in [-0.4, -0.2) is 40.0 Å². The van der Waals surface area contributed by atoms with E-state index in [0.717, 1.165) is 37.2 Å². The molecule has 1 fully saturated rings. The van der Waals surface area contributed by atoms with Crippen molar-refractivity contribution < 1.29 is 14.7 Å². The molecule has 2 rings (SSSR count). The summed E-state index contributed by atoms with van der Waals surface area (Å²) in [4.78, 5) is 30.0. The lowest BCUT2D eigenvalue weighted by Crippen LogP contribution is -2.39. The van der Waals surface area contributed by atoms with Gasteiger partial charge in [-0.3, -0.25) is 9.59 Å². The number of hydrogen-bond acceptors (Lipinski definition) is 4. The molecule has 1 aliphatic heterocycles. The van der Waals surface area contributed by atoms with E-state index in [1.54, 1.807) is 6.20 Å². The van der Waals surface area contributed by atoms with Gasteiger partial charge in [0, 0.05) is 19.5 Å². The normalized spacial score (nSPS) is 18.7. The smallest absolute Gasteiger partial charge is 0.303 e. The van der Waals surface area contributed by atoms with E-state index >= 15 is 0 Å². The Hall–Kier alpha value is -1.43. The number of thiazole rings is 1. The predicted octanol–water partition coefficient (Wildman–Crippen LogP) is 2.81. The van der Waals surface area contributed by atoms with Crippen LogP contribution in [0.25, 0.3) is 0 Å². The number of nitrogens with zero attached hydrogens (tertiary/aromatic N) is 2. The predicted molar refractivity (Wildman–Crippen MR) is 81.6 cm³/mol. The Morgan fingerprint density at radius 2 is 2.33 bits per heavy atom. The van der Waals surface area contributed by atoms with Crippen molar-refractivity contribution in [2.75, 3.05) is 13.1 Å². The summed E-state index contributed by atoms with van der Waals surface area (Å²) in [6.07, 6.45) is 6.44. The zero-order valence-electron chi connectivity index (χ0n) is 12.4. The molecule has 1 amide bonds. The maximum atomic E-state index is 12.5. The highest BCUT2D eigenvalue weighted by Gasteiger charge is 2.25. The number of amides is 1. The van der Waals surface area contributed by atoms with Crippen molar-refractivity contribution in [3.05, 3.63) is 16.1 Å². The number of aliphatic carboxylic acids is 1. The molecular weight excluding hydrogens is 288 g/mol. The minimum atomic E-state index is -0.759. The average molecular weight is 310 g/mol. The van der Waals surface area contributed by atoms with Crippen LogP contribution in [-0.2, 0) is 11.2 Å². The van der Waals surface area contributed by atoms with Gasteiger partial charge in [-0.2, -0.15) is 0 Å². The largest absolute Gasteiger partial charge is 0.481 e. The van der Waals surface area contributed by atoms with Crippen LogP contribution in [0.15, 0.2) is 6.20 Å². The number of likely N-dealkylation sites (tertiary alicyclic amines) is 1. The highest BCUT2D eigenvalue weighted by Crippen LogP contribution is 2.24. The minimum absolute atomic E-state index is 0.0508. The molecule has 1 saturated heterocycles. The molecule has 1 atom stereocenters. The van der Waals surface area contributed by atoms with E-state index in [4.69, 9.17) is 5.11 Å². The van der Waals surface area contributed by atoms with Crippen LogP contribution in [0.2, 0.25) is 0 Å². The summed E-state index contributed by atoms with van der Waals surface area (Å²) in [6.45, 7) is 3.54. The third-order valence-corrected chi connectivity index (χ3v) is 4.85. The fourth-order valence-corrected chi connectivity index (χ4v) is 3.69. The second kappa shape index (κ2) is 7.54. The SMILES string of the molecule is CCCc1ncc(C(=O)N2CCC[C@@H](CCC(=O)O)C2)s1. The standard InChI is InChI=1S/C15H22N2O3S/c1-2-4-13-16-9-12(21-13)15(20)17-8-3-5-11(10-17)6-7-14(18)19/h9,11H,2-8,10H2,1H3,(H,18,19)/t11-/m0/s1. The molecule has 1 N–H and O–H groups in total. The summed E-state index contributed by atoms with van der Waals surface area (Å²) >= 11 is 1.48. The van der Waals surface area contributed by atoms with Crippen LogP contribution in [0.5, 0.6) is 0 Å². The maximum Gasteiger partial charge on any atom is 0.303 e. The van der Waals surface area contributed by atoms with Crippen molar-refractivity contribution in [1.82, 2.24) is 9.88 Å². The van der Waals surface area contributed by atoms with Gasteiger partial charge in [0.15, 0.2) is 0 Å². The molecule has 2 heterocycles. The topological polar surface area (TPSA) is 70.5 Å². The quantitative estimate of drug-likeness (QED) is 0.877. The first-order valence-electron chi connectivity index (χ1n) is 7.56. The molecule has 1 aromatic heterocycles. The summed E-state index contributed by atoms with van der Waals surface area (Å²) in [5, 5.41) is 9.78. The number of hydrogen-bond donors (Lipinski definition) is 1. The minimum Gasteiger partial charge on any atom is -0.481 e. The van der Waals surface area contributed by atoms with Gasteiger partial charge < -0.3 is 10.0 Å². The lowest BCUT2D eigenvalue weighted by Gasteiger charge is -2.32. The molecule has 116 valence electrons. The van der Waals surface area contributed by atoms with Gasteiger partial charge in [0.2, 0.25) is 0 Å². The van der Waals surface area contributed by atoms with E-state index in [9.17, 15) is 9.59 Å². The number of piperidine rings is 1. The summed E-state index contributed by atoms with van der Waals surface area (Å²) in [5.41, 5.74) is 0. The molecule has 1 aliphatic rings. The van der Waals surface area contributed by atoms with Gasteiger partial charge in [-0.15, -0.1) is 11.3 Å². The van der Waals surface area contributed by atoms with E-state index in [0.29, 0.717) is 23.8 Å². The monoisotopic (exact) mass is 310 g/mol. The highest BCUT2D eigenvalue weighted by molar-refractivity contribution is 7.13. The zero-order chi connectivity index (χ0) is 15.2. The number of carbonyl (C=O) groups excluding carboxylic acids is 1. The Bertz CT molecular complexity index is 501. The van der Waals surface area contributed by atoms with Crippen molar-refractivity contribution in [2.45, 2.75) is 45.4 Å². The van der Waals surface area contributed by atoms with Crippen LogP contribution in [0.3, 0.4) is 0 Å². The van der Waals surface area contributed by atoms with Gasteiger partial charge in [0.05, 0.1) is 11.2 Å². The van der Waals surface area contributed by atoms with Gasteiger partial charge in [-0.25, -0.2) is 4.98 Å². The molecule has 0 spiro atoms. The summed E-state index contributed by atoms with van der Waals surface area (Å²) in [5.74, 6) is -0.401. The van der Waals surface area contributed by atoms with Gasteiger partial charge in [-0.1, -0.05) is 6.92 Å². The Balaban J connectivity index is 1.93. The van der Waals surface area contributed by atoms with Crippen molar-refractivity contribution in [3.63, 3.8) is 0 Å². The maximum absolute atomic E-state index is 12.5. The average Bonchev–Trinajstić information content (AvgIpc) is 2.94. The third kappa shape index (κ3) is 4.52. The second-order valence-electron chi connectivity index (χ2n) is 5.56. The molecule has 0 unspecified atom stereocenters. The van der Waals surface area contributed by atoms with Crippen molar-refractivity contribution in [2.24, 2.45) is 5.92 Å².